The van der Waals surface area contributed by atoms with Crippen molar-refractivity contribution in [3.8, 4) is 23.6 Å². The van der Waals surface area contributed by atoms with Crippen LogP contribution in [0.2, 0.25) is 0 Å². The molecule has 0 spiro atoms. The third-order valence-corrected chi connectivity index (χ3v) is 2.88. The average Bonchev–Trinajstić information content (AvgIpc) is 2.53. The first kappa shape index (κ1) is 14.1. The second kappa shape index (κ2) is 6.23. The fourth-order valence-corrected chi connectivity index (χ4v) is 1.77. The van der Waals surface area contributed by atoms with E-state index in [-0.39, 0.29) is 29.2 Å². The average molecular weight is 278 g/mol. The molecule has 0 saturated heterocycles. The van der Waals surface area contributed by atoms with E-state index in [1.54, 1.807) is 30.3 Å². The first-order chi connectivity index (χ1) is 10.2. The van der Waals surface area contributed by atoms with Crippen molar-refractivity contribution in [2.75, 3.05) is 0 Å². The summed E-state index contributed by atoms with van der Waals surface area (Å²) in [5.41, 5.74) is 1.28. The molecule has 0 aromatic heterocycles. The fourth-order valence-electron chi connectivity index (χ4n) is 1.77. The molecule has 0 radical (unpaired) electrons. The molecule has 2 aromatic carbocycles. The number of nitriles is 2. The molecule has 0 fully saturated rings. The number of phenolic OH excluding ortho intramolecular Hbond substituents is 1. The van der Waals surface area contributed by atoms with Crippen molar-refractivity contribution in [1.29, 1.82) is 10.5 Å². The number of hydrogen-bond acceptors (Lipinski definition) is 5. The number of aldehydes is 1. The third kappa shape index (κ3) is 2.99. The molecule has 0 heterocycles. The van der Waals surface area contributed by atoms with Crippen molar-refractivity contribution in [3.05, 3.63) is 58.7 Å². The molecule has 0 bridgehead atoms. The second-order valence-electron chi connectivity index (χ2n) is 4.20. The minimum Gasteiger partial charge on any atom is -0.507 e. The maximum absolute atomic E-state index is 10.6. The van der Waals surface area contributed by atoms with E-state index in [2.05, 4.69) is 0 Å². The Morgan fingerprint density at radius 2 is 1.71 bits per heavy atom. The molecule has 0 aliphatic carbocycles. The number of carbonyl (C=O) groups excluding carboxylic acids is 1. The zero-order valence-electron chi connectivity index (χ0n) is 10.9. The molecule has 0 atom stereocenters. The smallest absolute Gasteiger partial charge is 0.150 e. The monoisotopic (exact) mass is 278 g/mol. The number of carbonyl (C=O) groups is 1. The minimum atomic E-state index is -0.253. The van der Waals surface area contributed by atoms with Crippen LogP contribution in [0.5, 0.6) is 11.5 Å². The third-order valence-electron chi connectivity index (χ3n) is 2.88. The summed E-state index contributed by atoms with van der Waals surface area (Å²) in [6.45, 7) is 0.184. The Labute approximate surface area is 121 Å². The molecular weight excluding hydrogens is 268 g/mol. The number of benzene rings is 2. The Kier molecular flexibility index (Phi) is 4.18. The van der Waals surface area contributed by atoms with Crippen molar-refractivity contribution in [1.82, 2.24) is 0 Å². The van der Waals surface area contributed by atoms with Gasteiger partial charge in [0, 0.05) is 5.56 Å². The quantitative estimate of drug-likeness (QED) is 0.867. The maximum atomic E-state index is 10.6. The topological polar surface area (TPSA) is 94.1 Å². The van der Waals surface area contributed by atoms with E-state index in [9.17, 15) is 9.90 Å². The number of nitrogens with zero attached hydrogens (tertiary/aromatic N) is 2. The molecule has 0 aliphatic heterocycles. The van der Waals surface area contributed by atoms with Gasteiger partial charge in [0.2, 0.25) is 0 Å². The lowest BCUT2D eigenvalue weighted by Gasteiger charge is -2.09. The van der Waals surface area contributed by atoms with Crippen LogP contribution in [-0.2, 0) is 6.61 Å². The summed E-state index contributed by atoms with van der Waals surface area (Å²) in [4.78, 5) is 10.6. The summed E-state index contributed by atoms with van der Waals surface area (Å²) in [5.74, 6) is -0.0250. The van der Waals surface area contributed by atoms with Crippen LogP contribution >= 0.6 is 0 Å². The van der Waals surface area contributed by atoms with E-state index >= 15 is 0 Å². The number of rotatable bonds is 4. The molecule has 2 aromatic rings. The fraction of sp³-hybridized carbons (Fsp3) is 0.0625. The van der Waals surface area contributed by atoms with Crippen LogP contribution in [0.1, 0.15) is 27.0 Å². The van der Waals surface area contributed by atoms with Gasteiger partial charge in [-0.05, 0) is 17.7 Å². The Morgan fingerprint density at radius 3 is 2.29 bits per heavy atom. The van der Waals surface area contributed by atoms with Crippen LogP contribution in [0, 0.1) is 22.7 Å². The molecule has 21 heavy (non-hydrogen) atoms. The predicted octanol–water partition coefficient (Wildman–Crippen LogP) is 2.53. The summed E-state index contributed by atoms with van der Waals surface area (Å²) in [5, 5.41) is 27.6. The van der Waals surface area contributed by atoms with Crippen LogP contribution in [0.4, 0.5) is 0 Å². The minimum absolute atomic E-state index is 0.00186. The highest BCUT2D eigenvalue weighted by Gasteiger charge is 2.13. The summed E-state index contributed by atoms with van der Waals surface area (Å²) >= 11 is 0. The van der Waals surface area contributed by atoms with Crippen molar-refractivity contribution < 1.29 is 14.6 Å². The van der Waals surface area contributed by atoms with Gasteiger partial charge >= 0.3 is 0 Å². The van der Waals surface area contributed by atoms with E-state index in [0.717, 1.165) is 11.8 Å². The van der Waals surface area contributed by atoms with Gasteiger partial charge in [-0.15, -0.1) is 0 Å². The van der Waals surface area contributed by atoms with Crippen molar-refractivity contribution in [2.24, 2.45) is 0 Å². The lowest BCUT2D eigenvalue weighted by Crippen LogP contribution is -1.99. The Hall–Kier alpha value is -3.31. The summed E-state index contributed by atoms with van der Waals surface area (Å²) in [7, 11) is 0. The predicted molar refractivity (Wildman–Crippen MR) is 73.7 cm³/mol. The highest BCUT2D eigenvalue weighted by molar-refractivity contribution is 5.74. The van der Waals surface area contributed by atoms with Gasteiger partial charge in [0.25, 0.3) is 0 Å². The molecule has 102 valence electrons. The Balaban J connectivity index is 2.22. The van der Waals surface area contributed by atoms with Gasteiger partial charge in [-0.3, -0.25) is 4.79 Å². The van der Waals surface area contributed by atoms with Gasteiger partial charge in [0.1, 0.15) is 47.7 Å². The summed E-state index contributed by atoms with van der Waals surface area (Å²) in [6, 6.07) is 13.2. The highest BCUT2D eigenvalue weighted by atomic mass is 16.5. The van der Waals surface area contributed by atoms with E-state index in [1.165, 1.54) is 12.1 Å². The molecule has 0 saturated carbocycles. The first-order valence-electron chi connectivity index (χ1n) is 6.02. The van der Waals surface area contributed by atoms with E-state index in [0.29, 0.717) is 5.56 Å². The first-order valence-corrected chi connectivity index (χ1v) is 6.02. The number of hydrogen-bond donors (Lipinski definition) is 1. The molecule has 5 nitrogen and oxygen atoms in total. The molecular formula is C16H10N2O3. The van der Waals surface area contributed by atoms with Gasteiger partial charge in [0.05, 0.1) is 0 Å². The lowest BCUT2D eigenvalue weighted by molar-refractivity contribution is 0.112. The van der Waals surface area contributed by atoms with Crippen molar-refractivity contribution >= 4 is 6.29 Å². The van der Waals surface area contributed by atoms with Crippen molar-refractivity contribution in [2.45, 2.75) is 6.61 Å². The number of aromatic hydroxyl groups is 1. The molecule has 2 rings (SSSR count). The van der Waals surface area contributed by atoms with Crippen LogP contribution in [0.25, 0.3) is 0 Å². The normalized spacial score (nSPS) is 9.43. The zero-order valence-corrected chi connectivity index (χ0v) is 10.9. The lowest BCUT2D eigenvalue weighted by atomic mass is 10.1. The molecule has 0 aliphatic rings. The van der Waals surface area contributed by atoms with Gasteiger partial charge in [0.15, 0.2) is 0 Å². The number of ether oxygens (including phenoxy) is 1. The van der Waals surface area contributed by atoms with E-state index in [4.69, 9.17) is 15.3 Å². The van der Waals surface area contributed by atoms with Gasteiger partial charge in [-0.2, -0.15) is 10.5 Å². The second-order valence-corrected chi connectivity index (χ2v) is 4.20. The van der Waals surface area contributed by atoms with Crippen LogP contribution in [0.15, 0.2) is 36.4 Å². The van der Waals surface area contributed by atoms with E-state index in [1.807, 2.05) is 6.07 Å². The standard InChI is InChI=1S/C16H10N2O3/c17-7-13-14(8-18)16(6-5-15(13)20)21-10-12-3-1-11(9-19)2-4-12/h1-6,9,20H,10H2. The molecule has 0 unspecified atom stereocenters. The highest BCUT2D eigenvalue weighted by Crippen LogP contribution is 2.29. The SMILES string of the molecule is N#Cc1c(O)ccc(OCc2ccc(C=O)cc2)c1C#N. The number of phenols is 1. The Bertz CT molecular complexity index is 753. The van der Waals surface area contributed by atoms with Crippen molar-refractivity contribution in [3.63, 3.8) is 0 Å². The largest absolute Gasteiger partial charge is 0.507 e. The Morgan fingerprint density at radius 1 is 1.05 bits per heavy atom. The zero-order chi connectivity index (χ0) is 15.2. The summed E-state index contributed by atoms with van der Waals surface area (Å²) in [6.07, 6.45) is 0.748. The van der Waals surface area contributed by atoms with Gasteiger partial charge in [-0.25, -0.2) is 0 Å². The van der Waals surface area contributed by atoms with Gasteiger partial charge in [-0.1, -0.05) is 24.3 Å². The van der Waals surface area contributed by atoms with Crippen LogP contribution in [0.3, 0.4) is 0 Å². The summed E-state index contributed by atoms with van der Waals surface area (Å²) < 4.78 is 5.51. The van der Waals surface area contributed by atoms with Gasteiger partial charge < -0.3 is 9.84 Å². The van der Waals surface area contributed by atoms with Crippen LogP contribution < -0.4 is 4.74 Å². The maximum Gasteiger partial charge on any atom is 0.150 e. The molecule has 5 heteroatoms. The molecule has 1 N–H and O–H groups in total. The van der Waals surface area contributed by atoms with Crippen LogP contribution in [-0.4, -0.2) is 11.4 Å². The van der Waals surface area contributed by atoms with E-state index < -0.39 is 0 Å². The molecule has 0 amide bonds.